The number of carboxylic acids is 1. The van der Waals surface area contributed by atoms with Crippen LogP contribution in [0, 0.1) is 5.95 Å². The monoisotopic (exact) mass is 317 g/mol. The molecule has 1 N–H and O–H groups in total. The maximum absolute atomic E-state index is 14.2. The number of halogens is 1. The largest absolute Gasteiger partial charge is 0.477 e. The smallest absolute Gasteiger partial charge is 0.343 e. The molecule has 0 bridgehead atoms. The Balaban J connectivity index is 1.89. The van der Waals surface area contributed by atoms with Crippen LogP contribution in [0.25, 0.3) is 11.3 Å². The summed E-state index contributed by atoms with van der Waals surface area (Å²) < 4.78 is 21.4. The van der Waals surface area contributed by atoms with Crippen LogP contribution >= 0.6 is 0 Å². The molecule has 2 aromatic rings. The van der Waals surface area contributed by atoms with Gasteiger partial charge in [-0.3, -0.25) is 0 Å². The maximum Gasteiger partial charge on any atom is 0.343 e. The fourth-order valence-corrected chi connectivity index (χ4v) is 2.92. The van der Waals surface area contributed by atoms with Gasteiger partial charge >= 0.3 is 5.97 Å². The molecule has 1 atom stereocenters. The van der Waals surface area contributed by atoms with Gasteiger partial charge in [-0.2, -0.15) is 9.49 Å². The molecule has 0 aromatic carbocycles. The van der Waals surface area contributed by atoms with Crippen molar-refractivity contribution in [2.24, 2.45) is 0 Å². The van der Waals surface area contributed by atoms with Crippen LogP contribution in [-0.2, 0) is 6.54 Å². The molecule has 7 heteroatoms. The molecule has 0 radical (unpaired) electrons. The van der Waals surface area contributed by atoms with E-state index in [1.54, 1.807) is 6.07 Å². The van der Waals surface area contributed by atoms with E-state index in [0.717, 1.165) is 24.8 Å². The highest BCUT2D eigenvalue weighted by Gasteiger charge is 2.32. The molecule has 0 saturated heterocycles. The summed E-state index contributed by atoms with van der Waals surface area (Å²) in [5.74, 6) is -1.29. The molecule has 1 saturated carbocycles. The van der Waals surface area contributed by atoms with Gasteiger partial charge in [-0.25, -0.2) is 14.5 Å². The zero-order valence-electron chi connectivity index (χ0n) is 12.6. The molecule has 23 heavy (non-hydrogen) atoms. The highest BCUT2D eigenvalue weighted by atomic mass is 19.1. The first-order valence-corrected chi connectivity index (χ1v) is 7.71. The average molecular weight is 317 g/mol. The van der Waals surface area contributed by atoms with Gasteiger partial charge in [0.15, 0.2) is 0 Å². The molecular formula is C16H16FN3O3. The van der Waals surface area contributed by atoms with Crippen LogP contribution in [0.3, 0.4) is 0 Å². The topological polar surface area (TPSA) is 77.2 Å². The first kappa shape index (κ1) is 14.2. The van der Waals surface area contributed by atoms with Crippen molar-refractivity contribution in [2.75, 3.05) is 0 Å². The molecule has 2 aliphatic rings. The Labute approximate surface area is 131 Å². The second kappa shape index (κ2) is 5.04. The number of pyridine rings is 1. The summed E-state index contributed by atoms with van der Waals surface area (Å²) in [7, 11) is 0. The molecule has 6 nitrogen and oxygen atoms in total. The van der Waals surface area contributed by atoms with E-state index >= 15 is 0 Å². The second-order valence-corrected chi connectivity index (χ2v) is 6.16. The summed E-state index contributed by atoms with van der Waals surface area (Å²) in [6.45, 7) is 2.42. The van der Waals surface area contributed by atoms with E-state index in [4.69, 9.17) is 4.74 Å². The predicted molar refractivity (Wildman–Crippen MR) is 79.1 cm³/mol. The van der Waals surface area contributed by atoms with Crippen molar-refractivity contribution in [3.05, 3.63) is 29.3 Å². The Morgan fingerprint density at radius 3 is 2.91 bits per heavy atom. The van der Waals surface area contributed by atoms with Gasteiger partial charge in [-0.05, 0) is 37.3 Å². The van der Waals surface area contributed by atoms with Crippen molar-refractivity contribution in [1.29, 1.82) is 0 Å². The number of ether oxygens (including phenoxy) is 1. The van der Waals surface area contributed by atoms with E-state index < -0.39 is 11.9 Å². The van der Waals surface area contributed by atoms with Crippen LogP contribution in [0.2, 0.25) is 0 Å². The molecule has 0 spiro atoms. The van der Waals surface area contributed by atoms with E-state index in [1.165, 1.54) is 10.9 Å². The van der Waals surface area contributed by atoms with E-state index in [0.29, 0.717) is 12.5 Å². The summed E-state index contributed by atoms with van der Waals surface area (Å²) in [4.78, 5) is 15.5. The van der Waals surface area contributed by atoms with Crippen molar-refractivity contribution in [1.82, 2.24) is 14.8 Å². The van der Waals surface area contributed by atoms with E-state index in [-0.39, 0.29) is 28.8 Å². The number of carboxylic acid groups (broad SMARTS) is 1. The van der Waals surface area contributed by atoms with Crippen molar-refractivity contribution in [3.8, 4) is 17.1 Å². The first-order chi connectivity index (χ1) is 11.0. The lowest BCUT2D eigenvalue weighted by molar-refractivity contribution is 0.0684. The van der Waals surface area contributed by atoms with Gasteiger partial charge in [0, 0.05) is 19.2 Å². The van der Waals surface area contributed by atoms with Crippen LogP contribution in [0.15, 0.2) is 12.3 Å². The number of rotatable bonds is 3. The summed E-state index contributed by atoms with van der Waals surface area (Å²) in [6, 6.07) is 1.67. The van der Waals surface area contributed by atoms with Crippen LogP contribution in [0.5, 0.6) is 5.88 Å². The molecule has 2 aromatic heterocycles. The van der Waals surface area contributed by atoms with E-state index in [9.17, 15) is 14.3 Å². The fraction of sp³-hybridized carbons (Fsp3) is 0.438. The Morgan fingerprint density at radius 1 is 1.43 bits per heavy atom. The molecule has 0 amide bonds. The van der Waals surface area contributed by atoms with Gasteiger partial charge in [-0.15, -0.1) is 0 Å². The standard InChI is InChI=1S/C16H16FN3O3/c1-8-4-5-20-15(23-8)12(16(21)22)13(19-20)11-6-10(9-2-3-9)7-18-14(11)17/h6-9H,2-5H2,1H3,(H,21,22)/t8-/m1/s1. The molecule has 3 heterocycles. The normalized spacial score (nSPS) is 20.0. The SMILES string of the molecule is C[C@@H]1CCn2nc(-c3cc(C4CC4)cnc3F)c(C(=O)O)c2O1. The summed E-state index contributed by atoms with van der Waals surface area (Å²) >= 11 is 0. The van der Waals surface area contributed by atoms with Crippen molar-refractivity contribution in [3.63, 3.8) is 0 Å². The zero-order valence-corrected chi connectivity index (χ0v) is 12.6. The number of fused-ring (bicyclic) bond motifs is 1. The quantitative estimate of drug-likeness (QED) is 0.881. The van der Waals surface area contributed by atoms with Crippen LogP contribution in [-0.4, -0.2) is 31.9 Å². The Bertz CT molecular complexity index is 798. The number of carbonyl (C=O) groups is 1. The first-order valence-electron chi connectivity index (χ1n) is 7.71. The minimum atomic E-state index is -1.17. The van der Waals surface area contributed by atoms with Gasteiger partial charge in [0.2, 0.25) is 11.8 Å². The Morgan fingerprint density at radius 2 is 2.22 bits per heavy atom. The lowest BCUT2D eigenvalue weighted by atomic mass is 10.1. The van der Waals surface area contributed by atoms with Gasteiger partial charge < -0.3 is 9.84 Å². The average Bonchev–Trinajstić information content (AvgIpc) is 3.28. The third kappa shape index (κ3) is 2.36. The minimum absolute atomic E-state index is 0.0917. The third-order valence-electron chi connectivity index (χ3n) is 4.34. The number of hydrogen-bond acceptors (Lipinski definition) is 4. The van der Waals surface area contributed by atoms with Gasteiger partial charge in [-0.1, -0.05) is 0 Å². The highest BCUT2D eigenvalue weighted by Crippen LogP contribution is 2.42. The molecule has 0 unspecified atom stereocenters. The lowest BCUT2D eigenvalue weighted by Gasteiger charge is -2.21. The molecule has 1 aliphatic carbocycles. The molecule has 1 fully saturated rings. The van der Waals surface area contributed by atoms with E-state index in [2.05, 4.69) is 10.1 Å². The number of hydrogen-bond donors (Lipinski definition) is 1. The molecule has 4 rings (SSSR count). The third-order valence-corrected chi connectivity index (χ3v) is 4.34. The van der Waals surface area contributed by atoms with Gasteiger partial charge in [0.25, 0.3) is 0 Å². The molecule has 120 valence electrons. The predicted octanol–water partition coefficient (Wildman–Crippen LogP) is 2.83. The summed E-state index contributed by atoms with van der Waals surface area (Å²) in [5.41, 5.74) is 1.06. The van der Waals surface area contributed by atoms with Gasteiger partial charge in [0.1, 0.15) is 11.3 Å². The number of aryl methyl sites for hydroxylation is 1. The maximum atomic E-state index is 14.2. The number of nitrogens with zero attached hydrogens (tertiary/aromatic N) is 3. The summed E-state index contributed by atoms with van der Waals surface area (Å²) in [6.07, 6.45) is 4.27. The van der Waals surface area contributed by atoms with E-state index in [1.807, 2.05) is 6.92 Å². The fourth-order valence-electron chi connectivity index (χ4n) is 2.92. The lowest BCUT2D eigenvalue weighted by Crippen LogP contribution is -2.24. The minimum Gasteiger partial charge on any atom is -0.477 e. The van der Waals surface area contributed by atoms with Crippen molar-refractivity contribution in [2.45, 2.75) is 44.8 Å². The zero-order chi connectivity index (χ0) is 16.1. The van der Waals surface area contributed by atoms with Crippen LogP contribution in [0.4, 0.5) is 4.39 Å². The molecule has 1 aliphatic heterocycles. The van der Waals surface area contributed by atoms with Crippen LogP contribution in [0.1, 0.15) is 48.0 Å². The summed E-state index contributed by atoms with van der Waals surface area (Å²) in [5, 5.41) is 13.9. The highest BCUT2D eigenvalue weighted by molar-refractivity contribution is 5.97. The van der Waals surface area contributed by atoms with Crippen molar-refractivity contribution >= 4 is 5.97 Å². The molecular weight excluding hydrogens is 301 g/mol. The Kier molecular flexibility index (Phi) is 3.11. The number of aromatic carboxylic acids is 1. The number of aromatic nitrogens is 3. The van der Waals surface area contributed by atoms with Crippen LogP contribution < -0.4 is 4.74 Å². The van der Waals surface area contributed by atoms with Gasteiger partial charge in [0.05, 0.1) is 11.7 Å². The Hall–Kier alpha value is -2.44. The second-order valence-electron chi connectivity index (χ2n) is 6.16. The van der Waals surface area contributed by atoms with Crippen molar-refractivity contribution < 1.29 is 19.0 Å².